The van der Waals surface area contributed by atoms with Crippen molar-refractivity contribution in [3.63, 3.8) is 0 Å². The van der Waals surface area contributed by atoms with E-state index in [9.17, 15) is 4.79 Å². The Balaban J connectivity index is 0.00000484. The molecular formula is C17H26ClNO4. The summed E-state index contributed by atoms with van der Waals surface area (Å²) in [5.41, 5.74) is 0.968. The summed E-state index contributed by atoms with van der Waals surface area (Å²) in [6, 6.07) is 7.68. The van der Waals surface area contributed by atoms with Crippen LogP contribution in [0.25, 0.3) is 0 Å². The van der Waals surface area contributed by atoms with Crippen LogP contribution in [0, 0.1) is 0 Å². The van der Waals surface area contributed by atoms with Crippen molar-refractivity contribution in [1.29, 1.82) is 0 Å². The first-order valence-corrected chi connectivity index (χ1v) is 7.80. The van der Waals surface area contributed by atoms with E-state index in [2.05, 4.69) is 5.16 Å². The van der Waals surface area contributed by atoms with Gasteiger partial charge < -0.3 is 14.3 Å². The first-order chi connectivity index (χ1) is 10.8. The molecule has 0 aromatic heterocycles. The van der Waals surface area contributed by atoms with Gasteiger partial charge in [-0.3, -0.25) is 4.79 Å². The smallest absolute Gasteiger partial charge is 0.305 e. The summed E-state index contributed by atoms with van der Waals surface area (Å²) in [6.45, 7) is 5.37. The third kappa shape index (κ3) is 10.6. The van der Waals surface area contributed by atoms with Crippen molar-refractivity contribution in [2.45, 2.75) is 39.5 Å². The summed E-state index contributed by atoms with van der Waals surface area (Å²) < 4.78 is 10.5. The predicted molar refractivity (Wildman–Crippen MR) is 93.5 cm³/mol. The van der Waals surface area contributed by atoms with E-state index in [1.807, 2.05) is 38.1 Å². The molecule has 1 aromatic rings. The van der Waals surface area contributed by atoms with E-state index in [-0.39, 0.29) is 18.4 Å². The molecule has 130 valence electrons. The van der Waals surface area contributed by atoms with E-state index in [1.165, 1.54) is 0 Å². The maximum Gasteiger partial charge on any atom is 0.305 e. The van der Waals surface area contributed by atoms with Gasteiger partial charge in [-0.2, -0.15) is 0 Å². The maximum absolute atomic E-state index is 11.2. The Morgan fingerprint density at radius 1 is 1.09 bits per heavy atom. The highest BCUT2D eigenvalue weighted by molar-refractivity contribution is 5.85. The molecule has 6 heteroatoms. The number of rotatable bonds is 11. The molecule has 0 heterocycles. The molecule has 0 bridgehead atoms. The number of halogens is 1. The third-order valence-electron chi connectivity index (χ3n) is 2.88. The van der Waals surface area contributed by atoms with Crippen molar-refractivity contribution >= 4 is 24.6 Å². The first-order valence-electron chi connectivity index (χ1n) is 7.80. The zero-order valence-corrected chi connectivity index (χ0v) is 14.6. The summed E-state index contributed by atoms with van der Waals surface area (Å²) in [5, 5.41) is 3.81. The largest absolute Gasteiger partial charge is 0.494 e. The average Bonchev–Trinajstić information content (AvgIpc) is 2.52. The van der Waals surface area contributed by atoms with Gasteiger partial charge in [-0.1, -0.05) is 5.16 Å². The topological polar surface area (TPSA) is 57.1 Å². The van der Waals surface area contributed by atoms with Crippen LogP contribution in [0.2, 0.25) is 0 Å². The lowest BCUT2D eigenvalue weighted by molar-refractivity contribution is -0.143. The molecule has 1 rings (SSSR count). The van der Waals surface area contributed by atoms with Crippen molar-refractivity contribution in [3.8, 4) is 5.75 Å². The molecule has 0 N–H and O–H groups in total. The highest BCUT2D eigenvalue weighted by Gasteiger charge is 2.01. The highest BCUT2D eigenvalue weighted by atomic mass is 35.5. The van der Waals surface area contributed by atoms with Gasteiger partial charge in [-0.25, -0.2) is 0 Å². The molecule has 0 spiro atoms. The molecule has 0 saturated carbocycles. The Hall–Kier alpha value is -1.75. The molecule has 0 unspecified atom stereocenters. The van der Waals surface area contributed by atoms with E-state index >= 15 is 0 Å². The minimum atomic E-state index is -0.118. The number of nitrogens with zero attached hydrogens (tertiary/aromatic N) is 1. The number of unbranched alkanes of at least 4 members (excludes halogenated alkanes) is 2. The molecule has 0 aliphatic heterocycles. The molecule has 0 saturated heterocycles. The summed E-state index contributed by atoms with van der Waals surface area (Å²) in [5.74, 6) is 0.715. The monoisotopic (exact) mass is 343 g/mol. The van der Waals surface area contributed by atoms with Gasteiger partial charge in [0, 0.05) is 6.42 Å². The molecule has 0 amide bonds. The van der Waals surface area contributed by atoms with Gasteiger partial charge in [0.05, 0.1) is 19.4 Å². The normalized spacial score (nSPS) is 10.2. The lowest BCUT2D eigenvalue weighted by Crippen LogP contribution is -2.04. The lowest BCUT2D eigenvalue weighted by atomic mass is 10.2. The van der Waals surface area contributed by atoms with Crippen LogP contribution >= 0.6 is 12.4 Å². The minimum Gasteiger partial charge on any atom is -0.494 e. The number of hydrogen-bond acceptors (Lipinski definition) is 5. The first kappa shape index (κ1) is 21.2. The van der Waals surface area contributed by atoms with Crippen LogP contribution in [-0.4, -0.2) is 32.0 Å². The molecule has 1 aromatic carbocycles. The molecule has 0 radical (unpaired) electrons. The van der Waals surface area contributed by atoms with Crippen LogP contribution in [0.15, 0.2) is 29.4 Å². The quantitative estimate of drug-likeness (QED) is 0.264. The number of carbonyl (C=O) groups excluding carboxylic acids is 1. The molecule has 0 aliphatic carbocycles. The molecule has 0 fully saturated rings. The number of esters is 1. The maximum atomic E-state index is 11.2. The second-order valence-corrected chi connectivity index (χ2v) is 4.69. The van der Waals surface area contributed by atoms with Crippen molar-refractivity contribution in [3.05, 3.63) is 29.8 Å². The SMILES string of the molecule is CCO/N=C/c1ccc(OCCCCCC(=O)OCC)cc1.Cl. The number of oxime groups is 1. The predicted octanol–water partition coefficient (Wildman–Crippen LogP) is 3.98. The Morgan fingerprint density at radius 2 is 1.83 bits per heavy atom. The van der Waals surface area contributed by atoms with Gasteiger partial charge in [0.15, 0.2) is 0 Å². The summed E-state index contributed by atoms with van der Waals surface area (Å²) in [4.78, 5) is 16.1. The zero-order chi connectivity index (χ0) is 16.0. The fourth-order valence-electron chi connectivity index (χ4n) is 1.79. The summed E-state index contributed by atoms with van der Waals surface area (Å²) in [6.07, 6.45) is 4.88. The van der Waals surface area contributed by atoms with Crippen molar-refractivity contribution in [1.82, 2.24) is 0 Å². The molecular weight excluding hydrogens is 318 g/mol. The summed E-state index contributed by atoms with van der Waals surface area (Å²) in [7, 11) is 0. The van der Waals surface area contributed by atoms with Crippen molar-refractivity contribution in [2.24, 2.45) is 5.16 Å². The van der Waals surface area contributed by atoms with Crippen LogP contribution in [-0.2, 0) is 14.4 Å². The Morgan fingerprint density at radius 3 is 2.48 bits per heavy atom. The average molecular weight is 344 g/mol. The van der Waals surface area contributed by atoms with E-state index in [0.29, 0.717) is 26.2 Å². The summed E-state index contributed by atoms with van der Waals surface area (Å²) >= 11 is 0. The van der Waals surface area contributed by atoms with Gasteiger partial charge in [0.25, 0.3) is 0 Å². The zero-order valence-electron chi connectivity index (χ0n) is 13.8. The number of carbonyl (C=O) groups is 1. The number of hydrogen-bond donors (Lipinski definition) is 0. The highest BCUT2D eigenvalue weighted by Crippen LogP contribution is 2.12. The molecule has 5 nitrogen and oxygen atoms in total. The number of ether oxygens (including phenoxy) is 2. The van der Waals surface area contributed by atoms with Crippen LogP contribution in [0.1, 0.15) is 45.1 Å². The van der Waals surface area contributed by atoms with Gasteiger partial charge >= 0.3 is 5.97 Å². The van der Waals surface area contributed by atoms with Crippen LogP contribution in [0.4, 0.5) is 0 Å². The van der Waals surface area contributed by atoms with Gasteiger partial charge in [0.1, 0.15) is 12.4 Å². The van der Waals surface area contributed by atoms with Crippen LogP contribution in [0.3, 0.4) is 0 Å². The van der Waals surface area contributed by atoms with E-state index < -0.39 is 0 Å². The standard InChI is InChI=1S/C17H25NO4.ClH/c1-3-20-17(19)8-6-5-7-13-21-16-11-9-15(10-12-16)14-18-22-4-2;/h9-12,14H,3-8,13H2,1-2H3;1H/b18-14+;. The van der Waals surface area contributed by atoms with Gasteiger partial charge in [0.2, 0.25) is 0 Å². The van der Waals surface area contributed by atoms with Gasteiger partial charge in [-0.05, 0) is 62.9 Å². The van der Waals surface area contributed by atoms with Crippen molar-refractivity contribution < 1.29 is 19.1 Å². The Kier molecular flexibility index (Phi) is 12.8. The van der Waals surface area contributed by atoms with Crippen LogP contribution in [0.5, 0.6) is 5.75 Å². The van der Waals surface area contributed by atoms with E-state index in [1.54, 1.807) is 6.21 Å². The number of benzene rings is 1. The second-order valence-electron chi connectivity index (χ2n) is 4.69. The van der Waals surface area contributed by atoms with E-state index in [4.69, 9.17) is 14.3 Å². The lowest BCUT2D eigenvalue weighted by Gasteiger charge is -2.06. The van der Waals surface area contributed by atoms with E-state index in [0.717, 1.165) is 30.6 Å². The minimum absolute atomic E-state index is 0. The third-order valence-corrected chi connectivity index (χ3v) is 2.88. The van der Waals surface area contributed by atoms with Crippen molar-refractivity contribution in [2.75, 3.05) is 19.8 Å². The Labute approximate surface area is 144 Å². The Bertz CT molecular complexity index is 448. The van der Waals surface area contributed by atoms with Crippen LogP contribution < -0.4 is 4.74 Å². The second kappa shape index (κ2) is 13.9. The molecule has 23 heavy (non-hydrogen) atoms. The van der Waals surface area contributed by atoms with Gasteiger partial charge in [-0.15, -0.1) is 12.4 Å². The molecule has 0 atom stereocenters. The fraction of sp³-hybridized carbons (Fsp3) is 0.529. The fourth-order valence-corrected chi connectivity index (χ4v) is 1.79. The molecule has 0 aliphatic rings.